The lowest BCUT2D eigenvalue weighted by Gasteiger charge is -2.06. The van der Waals surface area contributed by atoms with Crippen molar-refractivity contribution >= 4 is 38.1 Å². The van der Waals surface area contributed by atoms with Gasteiger partial charge in [-0.3, -0.25) is 9.52 Å². The zero-order valence-electron chi connectivity index (χ0n) is 13.9. The van der Waals surface area contributed by atoms with Gasteiger partial charge in [0.1, 0.15) is 6.07 Å². The molecule has 27 heavy (non-hydrogen) atoms. The van der Waals surface area contributed by atoms with Crippen LogP contribution in [0.4, 0.5) is 10.8 Å². The maximum absolute atomic E-state index is 12.3. The van der Waals surface area contributed by atoms with E-state index in [1.165, 1.54) is 12.1 Å². The summed E-state index contributed by atoms with van der Waals surface area (Å²) in [7, 11) is -3.72. The Morgan fingerprint density at radius 1 is 1.11 bits per heavy atom. The van der Waals surface area contributed by atoms with Gasteiger partial charge in [-0.2, -0.15) is 5.26 Å². The second-order valence-corrected chi connectivity index (χ2v) is 7.99. The van der Waals surface area contributed by atoms with Gasteiger partial charge in [-0.15, -0.1) is 11.3 Å². The lowest BCUT2D eigenvalue weighted by molar-refractivity contribution is -0.115. The molecule has 2 aromatic carbocycles. The van der Waals surface area contributed by atoms with Crippen LogP contribution in [0, 0.1) is 11.3 Å². The third kappa shape index (κ3) is 4.69. The third-order valence-corrected chi connectivity index (χ3v) is 5.78. The minimum atomic E-state index is -3.72. The molecule has 1 aromatic heterocycles. The van der Waals surface area contributed by atoms with Gasteiger partial charge in [-0.05, 0) is 24.3 Å². The Morgan fingerprint density at radius 3 is 2.56 bits per heavy atom. The molecular formula is C18H14N4O3S2. The summed E-state index contributed by atoms with van der Waals surface area (Å²) in [6, 6.07) is 16.6. The molecule has 0 aliphatic heterocycles. The van der Waals surface area contributed by atoms with Crippen LogP contribution in [0.1, 0.15) is 11.3 Å². The van der Waals surface area contributed by atoms with Gasteiger partial charge in [0.15, 0.2) is 5.13 Å². The van der Waals surface area contributed by atoms with E-state index in [4.69, 9.17) is 5.26 Å². The van der Waals surface area contributed by atoms with Gasteiger partial charge in [0, 0.05) is 5.38 Å². The summed E-state index contributed by atoms with van der Waals surface area (Å²) < 4.78 is 27.0. The molecule has 0 bridgehead atoms. The van der Waals surface area contributed by atoms with Gasteiger partial charge >= 0.3 is 0 Å². The van der Waals surface area contributed by atoms with Crippen molar-refractivity contribution in [2.75, 3.05) is 10.0 Å². The van der Waals surface area contributed by atoms with E-state index in [1.54, 1.807) is 47.8 Å². The van der Waals surface area contributed by atoms with Crippen molar-refractivity contribution in [3.8, 4) is 6.07 Å². The summed E-state index contributed by atoms with van der Waals surface area (Å²) in [5.41, 5.74) is 1.21. The molecule has 0 radical (unpaired) electrons. The Kier molecular flexibility index (Phi) is 5.49. The summed E-state index contributed by atoms with van der Waals surface area (Å²) in [4.78, 5) is 16.5. The number of amides is 1. The number of nitriles is 1. The largest absolute Gasteiger partial charge is 0.325 e. The number of benzene rings is 2. The molecule has 0 spiro atoms. The molecule has 0 aliphatic rings. The molecule has 3 rings (SSSR count). The van der Waals surface area contributed by atoms with E-state index in [1.807, 2.05) is 6.07 Å². The van der Waals surface area contributed by atoms with Crippen LogP contribution >= 0.6 is 11.3 Å². The van der Waals surface area contributed by atoms with E-state index in [9.17, 15) is 13.2 Å². The summed E-state index contributed by atoms with van der Waals surface area (Å²) >= 11 is 1.09. The van der Waals surface area contributed by atoms with Gasteiger partial charge < -0.3 is 5.32 Å². The summed E-state index contributed by atoms with van der Waals surface area (Å²) in [5.74, 6) is -0.347. The van der Waals surface area contributed by atoms with E-state index in [0.717, 1.165) is 11.3 Å². The van der Waals surface area contributed by atoms with Crippen LogP contribution in [0.2, 0.25) is 0 Å². The quantitative estimate of drug-likeness (QED) is 0.663. The zero-order valence-corrected chi connectivity index (χ0v) is 15.5. The number of rotatable bonds is 6. The van der Waals surface area contributed by atoms with E-state index in [-0.39, 0.29) is 22.4 Å². The van der Waals surface area contributed by atoms with Crippen molar-refractivity contribution in [1.82, 2.24) is 4.98 Å². The molecule has 1 heterocycles. The Morgan fingerprint density at radius 2 is 1.81 bits per heavy atom. The van der Waals surface area contributed by atoms with Crippen molar-refractivity contribution in [1.29, 1.82) is 5.26 Å². The van der Waals surface area contributed by atoms with Gasteiger partial charge in [0.2, 0.25) is 5.91 Å². The lowest BCUT2D eigenvalue weighted by atomic mass is 10.2. The highest BCUT2D eigenvalue weighted by atomic mass is 32.2. The van der Waals surface area contributed by atoms with Crippen molar-refractivity contribution in [3.63, 3.8) is 0 Å². The van der Waals surface area contributed by atoms with E-state index >= 15 is 0 Å². The number of carbonyl (C=O) groups excluding carboxylic acids is 1. The molecule has 0 saturated carbocycles. The fraction of sp³-hybridized carbons (Fsp3) is 0.0556. The predicted molar refractivity (Wildman–Crippen MR) is 103 cm³/mol. The number of aromatic nitrogens is 1. The Bertz CT molecular complexity index is 1100. The first-order chi connectivity index (χ1) is 13.0. The monoisotopic (exact) mass is 398 g/mol. The molecule has 3 aromatic rings. The number of nitrogens with one attached hydrogen (secondary N) is 2. The first-order valence-corrected chi connectivity index (χ1v) is 10.2. The van der Waals surface area contributed by atoms with Gasteiger partial charge in [0.05, 0.1) is 28.3 Å². The van der Waals surface area contributed by atoms with E-state index in [2.05, 4.69) is 15.0 Å². The van der Waals surface area contributed by atoms with Crippen LogP contribution in [0.3, 0.4) is 0 Å². The Balaban J connectivity index is 1.66. The highest BCUT2D eigenvalue weighted by Gasteiger charge is 2.16. The smallest absolute Gasteiger partial charge is 0.263 e. The first kappa shape index (κ1) is 18.6. The molecule has 0 fully saturated rings. The highest BCUT2D eigenvalue weighted by molar-refractivity contribution is 7.93. The molecule has 0 aliphatic carbocycles. The number of nitrogens with zero attached hydrogens (tertiary/aromatic N) is 2. The van der Waals surface area contributed by atoms with Crippen LogP contribution in [-0.4, -0.2) is 19.3 Å². The highest BCUT2D eigenvalue weighted by Crippen LogP contribution is 2.21. The first-order valence-electron chi connectivity index (χ1n) is 7.79. The second-order valence-electron chi connectivity index (χ2n) is 5.44. The number of sulfonamides is 1. The fourth-order valence-corrected chi connectivity index (χ4v) is 4.24. The maximum Gasteiger partial charge on any atom is 0.263 e. The van der Waals surface area contributed by atoms with Crippen molar-refractivity contribution in [3.05, 3.63) is 71.2 Å². The average molecular weight is 398 g/mol. The third-order valence-electron chi connectivity index (χ3n) is 3.49. The fourth-order valence-electron chi connectivity index (χ4n) is 2.26. The number of carbonyl (C=O) groups is 1. The van der Waals surface area contributed by atoms with Crippen molar-refractivity contribution in [2.24, 2.45) is 0 Å². The van der Waals surface area contributed by atoms with Crippen LogP contribution in [-0.2, 0) is 21.2 Å². The van der Waals surface area contributed by atoms with Crippen molar-refractivity contribution < 1.29 is 13.2 Å². The van der Waals surface area contributed by atoms with Crippen LogP contribution in [0.5, 0.6) is 0 Å². The Hall–Kier alpha value is -3.22. The average Bonchev–Trinajstić information content (AvgIpc) is 3.08. The number of para-hydroxylation sites is 1. The Labute approximate surface area is 160 Å². The van der Waals surface area contributed by atoms with Crippen LogP contribution in [0.25, 0.3) is 0 Å². The molecule has 2 N–H and O–H groups in total. The SMILES string of the molecule is N#Cc1ccccc1NC(=O)Cc1csc(NS(=O)(=O)c2ccccc2)n1. The lowest BCUT2D eigenvalue weighted by Crippen LogP contribution is -2.16. The number of thiazole rings is 1. The molecule has 9 heteroatoms. The standard InChI is InChI=1S/C18H14N4O3S2/c19-11-13-6-4-5-9-16(13)21-17(23)10-14-12-26-18(20-14)22-27(24,25)15-7-2-1-3-8-15/h1-9,12H,10H2,(H,20,22)(H,21,23). The number of hydrogen-bond donors (Lipinski definition) is 2. The topological polar surface area (TPSA) is 112 Å². The zero-order chi connectivity index (χ0) is 19.3. The van der Waals surface area contributed by atoms with E-state index in [0.29, 0.717) is 16.9 Å². The minimum absolute atomic E-state index is 0.0384. The number of anilines is 2. The van der Waals surface area contributed by atoms with Crippen molar-refractivity contribution in [2.45, 2.75) is 11.3 Å². The predicted octanol–water partition coefficient (Wildman–Crippen LogP) is 3.00. The maximum atomic E-state index is 12.3. The van der Waals surface area contributed by atoms with Gasteiger partial charge in [-0.25, -0.2) is 13.4 Å². The molecular weight excluding hydrogens is 384 g/mol. The van der Waals surface area contributed by atoms with E-state index < -0.39 is 10.0 Å². The minimum Gasteiger partial charge on any atom is -0.325 e. The summed E-state index contributed by atoms with van der Waals surface area (Å²) in [5, 5.41) is 13.5. The molecule has 0 unspecified atom stereocenters. The second kappa shape index (κ2) is 7.99. The van der Waals surface area contributed by atoms with Crippen LogP contribution < -0.4 is 10.0 Å². The number of hydrogen-bond acceptors (Lipinski definition) is 6. The van der Waals surface area contributed by atoms with Gasteiger partial charge in [-0.1, -0.05) is 30.3 Å². The van der Waals surface area contributed by atoms with Crippen LogP contribution in [0.15, 0.2) is 64.9 Å². The summed E-state index contributed by atoms with van der Waals surface area (Å²) in [6.07, 6.45) is -0.0384. The molecule has 136 valence electrons. The molecule has 0 saturated heterocycles. The summed E-state index contributed by atoms with van der Waals surface area (Å²) in [6.45, 7) is 0. The molecule has 7 nitrogen and oxygen atoms in total. The van der Waals surface area contributed by atoms with Gasteiger partial charge in [0.25, 0.3) is 10.0 Å². The molecule has 1 amide bonds. The molecule has 0 atom stereocenters. The normalized spacial score (nSPS) is 10.8.